The summed E-state index contributed by atoms with van der Waals surface area (Å²) in [6.45, 7) is 0. The molecule has 0 aliphatic carbocycles. The van der Waals surface area contributed by atoms with E-state index in [-0.39, 0.29) is 0 Å². The van der Waals surface area contributed by atoms with E-state index in [4.69, 9.17) is 4.74 Å². The van der Waals surface area contributed by atoms with Gasteiger partial charge in [0.2, 0.25) is 0 Å². The molecule has 0 aliphatic rings. The number of methoxy groups -OCH3 is 1. The summed E-state index contributed by atoms with van der Waals surface area (Å²) >= 11 is 0. The molecule has 0 spiro atoms. The maximum atomic E-state index is 5.32. The predicted molar refractivity (Wildman–Crippen MR) is 103 cm³/mol. The number of H-pyrrole nitrogens is 2. The molecule has 126 valence electrons. The molecule has 0 bridgehead atoms. The van der Waals surface area contributed by atoms with Crippen LogP contribution in [0.2, 0.25) is 0 Å². The SMILES string of the molecule is COc1cccc(-c2ccc3c(-c4nc5ccccc5[nH]4)n[nH]c3c2)c1. The molecule has 26 heavy (non-hydrogen) atoms. The second kappa shape index (κ2) is 5.74. The average Bonchev–Trinajstić information content (AvgIpc) is 3.31. The second-order valence-electron chi connectivity index (χ2n) is 6.17. The first-order chi connectivity index (χ1) is 12.8. The number of aromatic amines is 2. The quantitative estimate of drug-likeness (QED) is 0.496. The molecule has 3 aromatic carbocycles. The van der Waals surface area contributed by atoms with Crippen molar-refractivity contribution in [3.05, 3.63) is 66.7 Å². The molecule has 0 saturated carbocycles. The minimum absolute atomic E-state index is 0.770. The number of hydrogen-bond acceptors (Lipinski definition) is 3. The number of imidazole rings is 1. The maximum absolute atomic E-state index is 5.32. The van der Waals surface area contributed by atoms with Crippen LogP contribution < -0.4 is 4.74 Å². The fourth-order valence-electron chi connectivity index (χ4n) is 3.25. The molecular weight excluding hydrogens is 324 g/mol. The molecule has 5 heteroatoms. The molecule has 0 fully saturated rings. The monoisotopic (exact) mass is 340 g/mol. The minimum Gasteiger partial charge on any atom is -0.497 e. The van der Waals surface area contributed by atoms with Gasteiger partial charge in [0.05, 0.1) is 23.7 Å². The van der Waals surface area contributed by atoms with Crippen LogP contribution in [-0.2, 0) is 0 Å². The summed E-state index contributed by atoms with van der Waals surface area (Å²) in [7, 11) is 1.68. The summed E-state index contributed by atoms with van der Waals surface area (Å²) in [5.41, 5.74) is 5.95. The molecule has 0 aliphatic heterocycles. The van der Waals surface area contributed by atoms with Gasteiger partial charge in [-0.05, 0) is 47.5 Å². The first-order valence-electron chi connectivity index (χ1n) is 8.39. The van der Waals surface area contributed by atoms with Gasteiger partial charge in [-0.3, -0.25) is 5.10 Å². The van der Waals surface area contributed by atoms with Crippen molar-refractivity contribution < 1.29 is 4.74 Å². The number of ether oxygens (including phenoxy) is 1. The first-order valence-corrected chi connectivity index (χ1v) is 8.39. The van der Waals surface area contributed by atoms with E-state index in [0.717, 1.165) is 50.3 Å². The largest absolute Gasteiger partial charge is 0.497 e. The second-order valence-corrected chi connectivity index (χ2v) is 6.17. The number of para-hydroxylation sites is 2. The summed E-state index contributed by atoms with van der Waals surface area (Å²) in [5, 5.41) is 8.65. The summed E-state index contributed by atoms with van der Waals surface area (Å²) in [6, 6.07) is 22.3. The smallest absolute Gasteiger partial charge is 0.159 e. The Balaban J connectivity index is 1.61. The lowest BCUT2D eigenvalue weighted by molar-refractivity contribution is 0.415. The van der Waals surface area contributed by atoms with Crippen LogP contribution in [0.4, 0.5) is 0 Å². The molecule has 2 N–H and O–H groups in total. The molecule has 0 unspecified atom stereocenters. The Kier molecular flexibility index (Phi) is 3.25. The maximum Gasteiger partial charge on any atom is 0.159 e. The van der Waals surface area contributed by atoms with Crippen molar-refractivity contribution in [3.63, 3.8) is 0 Å². The number of nitrogens with one attached hydrogen (secondary N) is 2. The summed E-state index contributed by atoms with van der Waals surface area (Å²) in [4.78, 5) is 8.00. The Morgan fingerprint density at radius 3 is 2.62 bits per heavy atom. The molecule has 5 rings (SSSR count). The minimum atomic E-state index is 0.770. The lowest BCUT2D eigenvalue weighted by Crippen LogP contribution is -1.84. The normalized spacial score (nSPS) is 11.3. The van der Waals surface area contributed by atoms with Crippen molar-refractivity contribution >= 4 is 21.9 Å². The fourth-order valence-corrected chi connectivity index (χ4v) is 3.25. The molecule has 2 heterocycles. The van der Waals surface area contributed by atoms with E-state index in [2.05, 4.69) is 44.4 Å². The Bertz CT molecular complexity index is 1200. The van der Waals surface area contributed by atoms with Gasteiger partial charge in [0.25, 0.3) is 0 Å². The molecular formula is C21H16N4O. The highest BCUT2D eigenvalue weighted by Gasteiger charge is 2.13. The van der Waals surface area contributed by atoms with Crippen LogP contribution in [0.3, 0.4) is 0 Å². The summed E-state index contributed by atoms with van der Waals surface area (Å²) in [6.07, 6.45) is 0. The number of hydrogen-bond donors (Lipinski definition) is 2. The first kappa shape index (κ1) is 14.7. The number of benzene rings is 3. The van der Waals surface area contributed by atoms with Gasteiger partial charge in [-0.25, -0.2) is 4.98 Å². The number of nitrogens with zero attached hydrogens (tertiary/aromatic N) is 2. The number of fused-ring (bicyclic) bond motifs is 2. The molecule has 0 atom stereocenters. The third-order valence-electron chi connectivity index (χ3n) is 4.58. The topological polar surface area (TPSA) is 66.6 Å². The fraction of sp³-hybridized carbons (Fsp3) is 0.0476. The van der Waals surface area contributed by atoms with E-state index >= 15 is 0 Å². The van der Waals surface area contributed by atoms with Gasteiger partial charge < -0.3 is 9.72 Å². The zero-order valence-corrected chi connectivity index (χ0v) is 14.2. The molecule has 0 amide bonds. The van der Waals surface area contributed by atoms with E-state index in [0.29, 0.717) is 0 Å². The van der Waals surface area contributed by atoms with Gasteiger partial charge in [-0.1, -0.05) is 30.3 Å². The lowest BCUT2D eigenvalue weighted by Gasteiger charge is -2.05. The third-order valence-corrected chi connectivity index (χ3v) is 4.58. The Labute approximate surface area is 149 Å². The highest BCUT2D eigenvalue weighted by Crippen LogP contribution is 2.30. The number of rotatable bonds is 3. The number of aromatic nitrogens is 4. The molecule has 5 aromatic rings. The van der Waals surface area contributed by atoms with Crippen LogP contribution in [-0.4, -0.2) is 27.3 Å². The van der Waals surface area contributed by atoms with Crippen LogP contribution in [0.15, 0.2) is 66.7 Å². The lowest BCUT2D eigenvalue weighted by atomic mass is 10.0. The van der Waals surface area contributed by atoms with Gasteiger partial charge in [0.15, 0.2) is 5.82 Å². The Morgan fingerprint density at radius 2 is 1.73 bits per heavy atom. The van der Waals surface area contributed by atoms with Crippen LogP contribution in [0, 0.1) is 0 Å². The van der Waals surface area contributed by atoms with Crippen molar-refractivity contribution in [2.45, 2.75) is 0 Å². The van der Waals surface area contributed by atoms with Gasteiger partial charge >= 0.3 is 0 Å². The zero-order chi connectivity index (χ0) is 17.5. The van der Waals surface area contributed by atoms with Gasteiger partial charge in [-0.15, -0.1) is 0 Å². The third kappa shape index (κ3) is 2.33. The van der Waals surface area contributed by atoms with Crippen LogP contribution >= 0.6 is 0 Å². The zero-order valence-electron chi connectivity index (χ0n) is 14.2. The average molecular weight is 340 g/mol. The van der Waals surface area contributed by atoms with E-state index < -0.39 is 0 Å². The van der Waals surface area contributed by atoms with E-state index in [1.807, 2.05) is 42.5 Å². The highest BCUT2D eigenvalue weighted by molar-refractivity contribution is 5.95. The van der Waals surface area contributed by atoms with Gasteiger partial charge in [-0.2, -0.15) is 5.10 Å². The van der Waals surface area contributed by atoms with E-state index in [1.165, 1.54) is 0 Å². The van der Waals surface area contributed by atoms with Crippen molar-refractivity contribution in [2.75, 3.05) is 7.11 Å². The van der Waals surface area contributed by atoms with Crippen molar-refractivity contribution in [1.82, 2.24) is 20.2 Å². The molecule has 0 saturated heterocycles. The molecule has 0 radical (unpaired) electrons. The Hall–Kier alpha value is -3.60. The Morgan fingerprint density at radius 1 is 0.846 bits per heavy atom. The molecule has 2 aromatic heterocycles. The highest BCUT2D eigenvalue weighted by atomic mass is 16.5. The van der Waals surface area contributed by atoms with E-state index in [9.17, 15) is 0 Å². The van der Waals surface area contributed by atoms with Crippen LogP contribution in [0.1, 0.15) is 0 Å². The van der Waals surface area contributed by atoms with Crippen molar-refractivity contribution in [1.29, 1.82) is 0 Å². The van der Waals surface area contributed by atoms with Gasteiger partial charge in [0.1, 0.15) is 11.4 Å². The predicted octanol–water partition coefficient (Wildman–Crippen LogP) is 4.78. The standard InChI is InChI=1S/C21H16N4O/c1-26-15-6-4-5-13(11-15)14-9-10-16-19(12-14)24-25-20(16)21-22-17-7-2-3-8-18(17)23-21/h2-12H,1H3,(H,22,23)(H,24,25). The summed E-state index contributed by atoms with van der Waals surface area (Å²) < 4.78 is 5.32. The van der Waals surface area contributed by atoms with Gasteiger partial charge in [0, 0.05) is 5.39 Å². The van der Waals surface area contributed by atoms with E-state index in [1.54, 1.807) is 7.11 Å². The van der Waals surface area contributed by atoms with Crippen LogP contribution in [0.25, 0.3) is 44.6 Å². The van der Waals surface area contributed by atoms with Crippen LogP contribution in [0.5, 0.6) is 5.75 Å². The van der Waals surface area contributed by atoms with Crippen molar-refractivity contribution in [3.8, 4) is 28.4 Å². The summed E-state index contributed by atoms with van der Waals surface area (Å²) in [5.74, 6) is 1.61. The molecule has 5 nitrogen and oxygen atoms in total. The van der Waals surface area contributed by atoms with Crippen molar-refractivity contribution in [2.24, 2.45) is 0 Å².